The fraction of sp³-hybridized carbons (Fsp3) is 0.350. The number of fused-ring (bicyclic) bond motifs is 1. The molecule has 6 heteroatoms. The van der Waals surface area contributed by atoms with E-state index in [0.29, 0.717) is 19.5 Å². The van der Waals surface area contributed by atoms with Crippen LogP contribution in [0.15, 0.2) is 36.0 Å². The number of hydrazine groups is 1. The molecule has 0 atom stereocenters. The summed E-state index contributed by atoms with van der Waals surface area (Å²) in [4.78, 5) is 25.3. The summed E-state index contributed by atoms with van der Waals surface area (Å²) in [5.41, 5.74) is 2.00. The molecule has 1 saturated heterocycles. The van der Waals surface area contributed by atoms with Gasteiger partial charge in [0.2, 0.25) is 0 Å². The third-order valence-electron chi connectivity index (χ3n) is 4.66. The van der Waals surface area contributed by atoms with Crippen molar-refractivity contribution in [2.24, 2.45) is 0 Å². The number of unbranched alkanes of at least 4 members (excludes halogenated alkanes) is 1. The average molecular weight is 350 g/mol. The van der Waals surface area contributed by atoms with Crippen LogP contribution in [-0.2, 0) is 16.1 Å². The summed E-state index contributed by atoms with van der Waals surface area (Å²) in [6, 6.07) is 9.96. The molecule has 0 radical (unpaired) electrons. The number of carbonyl (C=O) groups is 2. The molecule has 1 aromatic carbocycles. The highest BCUT2D eigenvalue weighted by Crippen LogP contribution is 2.27. The van der Waals surface area contributed by atoms with Gasteiger partial charge in [-0.3, -0.25) is 14.6 Å². The van der Waals surface area contributed by atoms with Gasteiger partial charge in [0.25, 0.3) is 11.8 Å². The van der Waals surface area contributed by atoms with Crippen molar-refractivity contribution in [1.29, 1.82) is 5.26 Å². The van der Waals surface area contributed by atoms with E-state index in [2.05, 4.69) is 13.0 Å². The first-order valence-corrected chi connectivity index (χ1v) is 8.84. The predicted octanol–water partition coefficient (Wildman–Crippen LogP) is 2.95. The molecule has 0 unspecified atom stereocenters. The molecule has 1 fully saturated rings. The van der Waals surface area contributed by atoms with Crippen LogP contribution in [-0.4, -0.2) is 40.0 Å². The zero-order chi connectivity index (χ0) is 18.7. The van der Waals surface area contributed by atoms with Crippen LogP contribution in [0.1, 0.15) is 31.7 Å². The number of benzene rings is 1. The average Bonchev–Trinajstić information content (AvgIpc) is 3.10. The van der Waals surface area contributed by atoms with E-state index in [4.69, 9.17) is 5.26 Å². The SMILES string of the molecule is CCCCN1C(=O)/C(=C/c2cn(CCC#N)c3ccccc23)C(=O)N1C. The van der Waals surface area contributed by atoms with Gasteiger partial charge in [-0.2, -0.15) is 5.26 Å². The summed E-state index contributed by atoms with van der Waals surface area (Å²) in [5.74, 6) is -0.528. The van der Waals surface area contributed by atoms with Gasteiger partial charge in [0.15, 0.2) is 0 Å². The lowest BCUT2D eigenvalue weighted by Gasteiger charge is -2.22. The van der Waals surface area contributed by atoms with Crippen molar-refractivity contribution in [3.05, 3.63) is 41.6 Å². The molecule has 2 heterocycles. The minimum Gasteiger partial charge on any atom is -0.346 e. The number of hydrogen-bond donors (Lipinski definition) is 0. The van der Waals surface area contributed by atoms with Gasteiger partial charge < -0.3 is 4.57 Å². The minimum absolute atomic E-state index is 0.187. The molecule has 0 aliphatic carbocycles. The quantitative estimate of drug-likeness (QED) is 0.594. The second-order valence-corrected chi connectivity index (χ2v) is 6.37. The van der Waals surface area contributed by atoms with E-state index in [9.17, 15) is 9.59 Å². The van der Waals surface area contributed by atoms with Crippen LogP contribution < -0.4 is 0 Å². The van der Waals surface area contributed by atoms with Gasteiger partial charge in [0, 0.05) is 42.8 Å². The summed E-state index contributed by atoms with van der Waals surface area (Å²) < 4.78 is 1.99. The summed E-state index contributed by atoms with van der Waals surface area (Å²) in [7, 11) is 1.63. The number of carbonyl (C=O) groups excluding carboxylic acids is 2. The van der Waals surface area contributed by atoms with Gasteiger partial charge >= 0.3 is 0 Å². The third kappa shape index (κ3) is 3.08. The Morgan fingerprint density at radius 2 is 1.92 bits per heavy atom. The Balaban J connectivity index is 2.01. The minimum atomic E-state index is -0.278. The van der Waals surface area contributed by atoms with Crippen LogP contribution in [0.25, 0.3) is 17.0 Å². The Kier molecular flexibility index (Phi) is 5.08. The molecule has 134 valence electrons. The Labute approximate surface area is 152 Å². The zero-order valence-corrected chi connectivity index (χ0v) is 15.1. The standard InChI is InChI=1S/C20H22N4O2/c1-3-4-12-24-20(26)17(19(25)22(24)2)13-15-14-23(11-7-10-21)18-9-6-5-8-16(15)18/h5-6,8-9,13-14H,3-4,7,11-12H2,1-2H3/b17-13+. The normalized spacial score (nSPS) is 16.1. The zero-order valence-electron chi connectivity index (χ0n) is 15.1. The highest BCUT2D eigenvalue weighted by atomic mass is 16.2. The van der Waals surface area contributed by atoms with Crippen molar-refractivity contribution >= 4 is 28.8 Å². The number of amides is 2. The molecule has 0 spiro atoms. The first-order chi connectivity index (χ1) is 12.6. The molecule has 2 aromatic rings. The number of likely N-dealkylation sites (N-methyl/N-ethyl adjacent to an activating group) is 1. The lowest BCUT2D eigenvalue weighted by atomic mass is 10.1. The fourth-order valence-corrected chi connectivity index (χ4v) is 3.23. The Morgan fingerprint density at radius 3 is 2.65 bits per heavy atom. The van der Waals surface area contributed by atoms with E-state index in [1.165, 1.54) is 10.0 Å². The molecule has 3 rings (SSSR count). The Hall–Kier alpha value is -3.07. The highest BCUT2D eigenvalue weighted by Gasteiger charge is 2.38. The van der Waals surface area contributed by atoms with Crippen LogP contribution in [0.4, 0.5) is 0 Å². The summed E-state index contributed by atoms with van der Waals surface area (Å²) in [6.07, 6.45) is 5.80. The second kappa shape index (κ2) is 7.44. The first-order valence-electron chi connectivity index (χ1n) is 8.84. The number of nitriles is 1. The van der Waals surface area contributed by atoms with Gasteiger partial charge in [0.1, 0.15) is 5.57 Å². The van der Waals surface area contributed by atoms with Gasteiger partial charge in [0.05, 0.1) is 12.5 Å². The van der Waals surface area contributed by atoms with Crippen LogP contribution >= 0.6 is 0 Å². The lowest BCUT2D eigenvalue weighted by molar-refractivity contribution is -0.143. The second-order valence-electron chi connectivity index (χ2n) is 6.37. The molecule has 1 aliphatic heterocycles. The number of aryl methyl sites for hydroxylation is 1. The number of aromatic nitrogens is 1. The van der Waals surface area contributed by atoms with Crippen molar-refractivity contribution in [2.75, 3.05) is 13.6 Å². The van der Waals surface area contributed by atoms with E-state index in [1.54, 1.807) is 13.1 Å². The Bertz CT molecular complexity index is 920. The van der Waals surface area contributed by atoms with E-state index in [1.807, 2.05) is 35.0 Å². The molecule has 1 aliphatic rings. The van der Waals surface area contributed by atoms with E-state index in [-0.39, 0.29) is 17.4 Å². The molecule has 0 N–H and O–H groups in total. The van der Waals surface area contributed by atoms with Gasteiger partial charge in [-0.05, 0) is 18.6 Å². The van der Waals surface area contributed by atoms with Crippen LogP contribution in [0.5, 0.6) is 0 Å². The van der Waals surface area contributed by atoms with Crippen LogP contribution in [0.3, 0.4) is 0 Å². The molecular weight excluding hydrogens is 328 g/mol. The van der Waals surface area contributed by atoms with Crippen LogP contribution in [0, 0.1) is 11.3 Å². The Morgan fingerprint density at radius 1 is 1.15 bits per heavy atom. The van der Waals surface area contributed by atoms with Crippen molar-refractivity contribution < 1.29 is 9.59 Å². The molecule has 6 nitrogen and oxygen atoms in total. The number of rotatable bonds is 6. The van der Waals surface area contributed by atoms with Gasteiger partial charge in [-0.15, -0.1) is 0 Å². The van der Waals surface area contributed by atoms with Crippen molar-refractivity contribution in [3.63, 3.8) is 0 Å². The van der Waals surface area contributed by atoms with Gasteiger partial charge in [-0.1, -0.05) is 31.5 Å². The molecule has 2 amide bonds. The monoisotopic (exact) mass is 350 g/mol. The van der Waals surface area contributed by atoms with Crippen molar-refractivity contribution in [1.82, 2.24) is 14.6 Å². The predicted molar refractivity (Wildman–Crippen MR) is 99.5 cm³/mol. The highest BCUT2D eigenvalue weighted by molar-refractivity contribution is 6.25. The number of hydrogen-bond acceptors (Lipinski definition) is 3. The lowest BCUT2D eigenvalue weighted by Crippen LogP contribution is -2.38. The molecule has 1 aromatic heterocycles. The van der Waals surface area contributed by atoms with Crippen molar-refractivity contribution in [2.45, 2.75) is 32.7 Å². The number of para-hydroxylation sites is 1. The maximum absolute atomic E-state index is 12.7. The maximum Gasteiger partial charge on any atom is 0.278 e. The fourth-order valence-electron chi connectivity index (χ4n) is 3.23. The van der Waals surface area contributed by atoms with E-state index < -0.39 is 0 Å². The molecular formula is C20H22N4O2. The smallest absolute Gasteiger partial charge is 0.278 e. The maximum atomic E-state index is 12.7. The van der Waals surface area contributed by atoms with Crippen LogP contribution in [0.2, 0.25) is 0 Å². The summed E-state index contributed by atoms with van der Waals surface area (Å²) >= 11 is 0. The molecule has 0 bridgehead atoms. The topological polar surface area (TPSA) is 69.3 Å². The van der Waals surface area contributed by atoms with Crippen molar-refractivity contribution in [3.8, 4) is 6.07 Å². The first kappa shape index (κ1) is 17.7. The summed E-state index contributed by atoms with van der Waals surface area (Å²) in [6.45, 7) is 3.17. The summed E-state index contributed by atoms with van der Waals surface area (Å²) in [5, 5.41) is 12.7. The van der Waals surface area contributed by atoms with E-state index >= 15 is 0 Å². The van der Waals surface area contributed by atoms with Gasteiger partial charge in [-0.25, -0.2) is 5.01 Å². The number of nitrogens with zero attached hydrogens (tertiary/aromatic N) is 4. The van der Waals surface area contributed by atoms with E-state index in [0.717, 1.165) is 29.3 Å². The third-order valence-corrected chi connectivity index (χ3v) is 4.66. The molecule has 26 heavy (non-hydrogen) atoms. The largest absolute Gasteiger partial charge is 0.346 e. The molecule has 0 saturated carbocycles.